The Morgan fingerprint density at radius 2 is 2.11 bits per heavy atom. The maximum Gasteiger partial charge on any atom is 0.252 e. The topological polar surface area (TPSA) is 49.4 Å². The van der Waals surface area contributed by atoms with Gasteiger partial charge in [0.15, 0.2) is 0 Å². The molecule has 1 atom stereocenters. The van der Waals surface area contributed by atoms with Gasteiger partial charge in [0.1, 0.15) is 12.1 Å². The summed E-state index contributed by atoms with van der Waals surface area (Å²) in [7, 11) is 0. The summed E-state index contributed by atoms with van der Waals surface area (Å²) in [6.45, 7) is 5.55. The number of rotatable bonds is 2. The largest absolute Gasteiger partial charge is 0.340 e. The number of anilines is 1. The Morgan fingerprint density at radius 3 is 2.68 bits per heavy atom. The third-order valence-corrected chi connectivity index (χ3v) is 3.84. The molecule has 1 aromatic rings. The monoisotopic (exact) mass is 280 g/mol. The summed E-state index contributed by atoms with van der Waals surface area (Å²) >= 11 is 6.19. The number of hydrogen-bond acceptors (Lipinski definition) is 2. The van der Waals surface area contributed by atoms with Crippen LogP contribution < -0.4 is 10.2 Å². The molecule has 1 saturated heterocycles. The molecular formula is C14H17ClN2O2. The number of benzene rings is 1. The molecule has 0 aromatic heterocycles. The summed E-state index contributed by atoms with van der Waals surface area (Å²) in [6.07, 6.45) is 0.539. The van der Waals surface area contributed by atoms with Crippen LogP contribution >= 0.6 is 11.6 Å². The fourth-order valence-corrected chi connectivity index (χ4v) is 2.52. The van der Waals surface area contributed by atoms with Gasteiger partial charge in [-0.2, -0.15) is 0 Å². The predicted molar refractivity (Wildman–Crippen MR) is 75.4 cm³/mol. The van der Waals surface area contributed by atoms with Crippen LogP contribution in [0.3, 0.4) is 0 Å². The first-order chi connectivity index (χ1) is 8.87. The second kappa shape index (κ2) is 4.85. The Labute approximate surface area is 117 Å². The lowest BCUT2D eigenvalue weighted by Gasteiger charge is -2.39. The highest BCUT2D eigenvalue weighted by Gasteiger charge is 2.42. The van der Waals surface area contributed by atoms with Crippen LogP contribution in [0.4, 0.5) is 5.69 Å². The van der Waals surface area contributed by atoms with E-state index in [9.17, 15) is 9.59 Å². The van der Waals surface area contributed by atoms with Crippen molar-refractivity contribution in [3.8, 4) is 0 Å². The molecule has 1 aromatic carbocycles. The number of amides is 2. The molecule has 4 nitrogen and oxygen atoms in total. The van der Waals surface area contributed by atoms with Crippen molar-refractivity contribution in [2.75, 3.05) is 11.4 Å². The predicted octanol–water partition coefficient (Wildman–Crippen LogP) is 2.28. The number of nitrogens with one attached hydrogen (secondary N) is 1. The highest BCUT2D eigenvalue weighted by molar-refractivity contribution is 6.34. The number of hydrogen-bond donors (Lipinski definition) is 1. The van der Waals surface area contributed by atoms with Crippen LogP contribution in [0.1, 0.15) is 25.8 Å². The molecular weight excluding hydrogens is 264 g/mol. The standard InChI is InChI=1S/C14H17ClN2O2/c1-4-14(3)13(19)17(8-12(18)16-14)11-6-5-9(2)7-10(11)15/h5-7H,4,8H2,1-3H3,(H,16,18). The van der Waals surface area contributed by atoms with E-state index in [1.54, 1.807) is 19.1 Å². The molecule has 1 aliphatic heterocycles. The zero-order valence-corrected chi connectivity index (χ0v) is 12.0. The summed E-state index contributed by atoms with van der Waals surface area (Å²) in [4.78, 5) is 25.8. The molecule has 0 spiro atoms. The zero-order chi connectivity index (χ0) is 14.2. The average Bonchev–Trinajstić information content (AvgIpc) is 2.34. The molecule has 1 fully saturated rings. The van der Waals surface area contributed by atoms with Crippen molar-refractivity contribution < 1.29 is 9.59 Å². The number of aryl methyl sites for hydroxylation is 1. The van der Waals surface area contributed by atoms with Crippen molar-refractivity contribution in [1.82, 2.24) is 5.32 Å². The van der Waals surface area contributed by atoms with E-state index in [4.69, 9.17) is 11.6 Å². The Morgan fingerprint density at radius 1 is 1.42 bits per heavy atom. The van der Waals surface area contributed by atoms with E-state index in [-0.39, 0.29) is 18.4 Å². The van der Waals surface area contributed by atoms with Crippen molar-refractivity contribution in [2.45, 2.75) is 32.7 Å². The Bertz CT molecular complexity index is 544. The Kier molecular flexibility index (Phi) is 3.54. The number of halogens is 1. The highest BCUT2D eigenvalue weighted by atomic mass is 35.5. The first-order valence-electron chi connectivity index (χ1n) is 6.26. The van der Waals surface area contributed by atoms with E-state index in [2.05, 4.69) is 5.32 Å². The van der Waals surface area contributed by atoms with E-state index in [0.29, 0.717) is 17.1 Å². The first-order valence-corrected chi connectivity index (χ1v) is 6.64. The molecule has 102 valence electrons. The van der Waals surface area contributed by atoms with Crippen molar-refractivity contribution in [1.29, 1.82) is 0 Å². The molecule has 1 unspecified atom stereocenters. The van der Waals surface area contributed by atoms with Crippen LogP contribution in [0, 0.1) is 6.92 Å². The van der Waals surface area contributed by atoms with Crippen LogP contribution in [0.2, 0.25) is 5.02 Å². The van der Waals surface area contributed by atoms with Gasteiger partial charge in [0.05, 0.1) is 10.7 Å². The lowest BCUT2D eigenvalue weighted by molar-refractivity contribution is -0.135. The lowest BCUT2D eigenvalue weighted by Crippen LogP contribution is -2.65. The van der Waals surface area contributed by atoms with Gasteiger partial charge in [0.25, 0.3) is 5.91 Å². The van der Waals surface area contributed by atoms with Gasteiger partial charge in [-0.25, -0.2) is 0 Å². The van der Waals surface area contributed by atoms with Gasteiger partial charge in [-0.3, -0.25) is 14.5 Å². The van der Waals surface area contributed by atoms with E-state index in [0.717, 1.165) is 5.56 Å². The maximum atomic E-state index is 12.5. The summed E-state index contributed by atoms with van der Waals surface area (Å²) in [5.74, 6) is -0.291. The summed E-state index contributed by atoms with van der Waals surface area (Å²) in [6, 6.07) is 5.45. The second-order valence-corrected chi connectivity index (χ2v) is 5.49. The third kappa shape index (κ3) is 2.45. The Balaban J connectivity index is 2.43. The van der Waals surface area contributed by atoms with Crippen LogP contribution in [0.25, 0.3) is 0 Å². The minimum atomic E-state index is -0.858. The zero-order valence-electron chi connectivity index (χ0n) is 11.3. The smallest absolute Gasteiger partial charge is 0.252 e. The average molecular weight is 281 g/mol. The van der Waals surface area contributed by atoms with Gasteiger partial charge in [0.2, 0.25) is 5.91 Å². The van der Waals surface area contributed by atoms with Crippen molar-refractivity contribution in [2.24, 2.45) is 0 Å². The molecule has 5 heteroatoms. The van der Waals surface area contributed by atoms with Crippen molar-refractivity contribution in [3.63, 3.8) is 0 Å². The van der Waals surface area contributed by atoms with Gasteiger partial charge in [-0.15, -0.1) is 0 Å². The molecule has 2 rings (SSSR count). The number of piperazine rings is 1. The van der Waals surface area contributed by atoms with Gasteiger partial charge in [-0.1, -0.05) is 24.6 Å². The van der Waals surface area contributed by atoms with E-state index in [1.165, 1.54) is 4.90 Å². The Hall–Kier alpha value is -1.55. The fourth-order valence-electron chi connectivity index (χ4n) is 2.18. The molecule has 1 N–H and O–H groups in total. The summed E-state index contributed by atoms with van der Waals surface area (Å²) < 4.78 is 0. The van der Waals surface area contributed by atoms with Crippen LogP contribution in [0.5, 0.6) is 0 Å². The minimum Gasteiger partial charge on any atom is -0.340 e. The van der Waals surface area contributed by atoms with Gasteiger partial charge in [0, 0.05) is 0 Å². The van der Waals surface area contributed by atoms with Crippen LogP contribution in [0.15, 0.2) is 18.2 Å². The number of carbonyl (C=O) groups is 2. The minimum absolute atomic E-state index is 0.0111. The van der Waals surface area contributed by atoms with Crippen LogP contribution in [-0.4, -0.2) is 23.9 Å². The summed E-state index contributed by atoms with van der Waals surface area (Å²) in [5, 5.41) is 3.24. The molecule has 1 heterocycles. The maximum absolute atomic E-state index is 12.5. The van der Waals surface area contributed by atoms with Crippen molar-refractivity contribution in [3.05, 3.63) is 28.8 Å². The molecule has 0 saturated carbocycles. The third-order valence-electron chi connectivity index (χ3n) is 3.54. The fraction of sp³-hybridized carbons (Fsp3) is 0.429. The second-order valence-electron chi connectivity index (χ2n) is 5.08. The number of carbonyl (C=O) groups excluding carboxylic acids is 2. The molecule has 0 aliphatic carbocycles. The first kappa shape index (κ1) is 13.9. The quantitative estimate of drug-likeness (QED) is 0.903. The molecule has 19 heavy (non-hydrogen) atoms. The van der Waals surface area contributed by atoms with E-state index < -0.39 is 5.54 Å². The van der Waals surface area contributed by atoms with Crippen LogP contribution in [-0.2, 0) is 9.59 Å². The van der Waals surface area contributed by atoms with Gasteiger partial charge < -0.3 is 5.32 Å². The number of nitrogens with zero attached hydrogens (tertiary/aromatic N) is 1. The lowest BCUT2D eigenvalue weighted by atomic mass is 9.94. The van der Waals surface area contributed by atoms with Gasteiger partial charge >= 0.3 is 0 Å². The summed E-state index contributed by atoms with van der Waals surface area (Å²) in [5.41, 5.74) is 0.747. The molecule has 0 radical (unpaired) electrons. The highest BCUT2D eigenvalue weighted by Crippen LogP contribution is 2.30. The molecule has 1 aliphatic rings. The van der Waals surface area contributed by atoms with Crippen molar-refractivity contribution >= 4 is 29.1 Å². The molecule has 0 bridgehead atoms. The van der Waals surface area contributed by atoms with E-state index >= 15 is 0 Å². The normalized spacial score (nSPS) is 23.5. The SMILES string of the molecule is CCC1(C)NC(=O)CN(c2ccc(C)cc2Cl)C1=O. The van der Waals surface area contributed by atoms with E-state index in [1.807, 2.05) is 19.9 Å². The molecule has 2 amide bonds. The van der Waals surface area contributed by atoms with Gasteiger partial charge in [-0.05, 0) is 38.0 Å².